The maximum atomic E-state index is 12.6. The number of hydrogen-bond donors (Lipinski definition) is 1. The van der Waals surface area contributed by atoms with Crippen molar-refractivity contribution in [2.75, 3.05) is 14.2 Å². The Hall–Kier alpha value is -3.51. The van der Waals surface area contributed by atoms with Crippen LogP contribution in [0.5, 0.6) is 17.2 Å². The van der Waals surface area contributed by atoms with Gasteiger partial charge in [0, 0.05) is 10.6 Å². The largest absolute Gasteiger partial charge is 0.493 e. The van der Waals surface area contributed by atoms with Crippen molar-refractivity contribution in [3.8, 4) is 17.2 Å². The van der Waals surface area contributed by atoms with Crippen molar-refractivity contribution < 1.29 is 19.0 Å². The summed E-state index contributed by atoms with van der Waals surface area (Å²) in [5, 5.41) is 4.70. The zero-order valence-electron chi connectivity index (χ0n) is 16.6. The highest BCUT2D eigenvalue weighted by atomic mass is 35.5. The second kappa shape index (κ2) is 10.3. The summed E-state index contributed by atoms with van der Waals surface area (Å²) < 4.78 is 16.4. The Labute approximate surface area is 180 Å². The van der Waals surface area contributed by atoms with Gasteiger partial charge in [-0.1, -0.05) is 41.9 Å². The first-order valence-corrected chi connectivity index (χ1v) is 9.51. The van der Waals surface area contributed by atoms with Gasteiger partial charge in [-0.3, -0.25) is 4.79 Å². The predicted molar refractivity (Wildman–Crippen MR) is 117 cm³/mol. The normalized spacial score (nSPS) is 10.6. The summed E-state index contributed by atoms with van der Waals surface area (Å²) in [7, 11) is 3.10. The van der Waals surface area contributed by atoms with Crippen LogP contribution in [0.4, 0.5) is 0 Å². The maximum Gasteiger partial charge on any atom is 0.275 e. The molecule has 0 heterocycles. The Morgan fingerprint density at radius 3 is 2.43 bits per heavy atom. The number of carbonyl (C=O) groups excluding carboxylic acids is 1. The lowest BCUT2D eigenvalue weighted by molar-refractivity contribution is 0.0950. The van der Waals surface area contributed by atoms with Crippen molar-refractivity contribution in [2.45, 2.75) is 6.61 Å². The second-order valence-electron chi connectivity index (χ2n) is 6.19. The number of carbonyl (C=O) groups is 1. The van der Waals surface area contributed by atoms with E-state index in [0.29, 0.717) is 40.0 Å². The van der Waals surface area contributed by atoms with E-state index in [4.69, 9.17) is 25.8 Å². The SMILES string of the molecule is COc1cccc(/C=N\NC(=O)c2ccccc2OCc2ccc(Cl)cc2)c1OC. The number of ether oxygens (including phenoxy) is 3. The number of benzene rings is 3. The number of para-hydroxylation sites is 2. The lowest BCUT2D eigenvalue weighted by Crippen LogP contribution is -2.18. The molecular weight excluding hydrogens is 404 g/mol. The Balaban J connectivity index is 1.69. The number of hydrogen-bond acceptors (Lipinski definition) is 5. The molecule has 1 N–H and O–H groups in total. The molecule has 1 amide bonds. The van der Waals surface area contributed by atoms with Gasteiger partial charge < -0.3 is 14.2 Å². The van der Waals surface area contributed by atoms with E-state index in [0.717, 1.165) is 5.56 Å². The van der Waals surface area contributed by atoms with Crippen molar-refractivity contribution in [1.82, 2.24) is 5.43 Å². The minimum absolute atomic E-state index is 0.311. The number of nitrogens with one attached hydrogen (secondary N) is 1. The molecule has 0 saturated carbocycles. The molecule has 0 unspecified atom stereocenters. The van der Waals surface area contributed by atoms with Gasteiger partial charge in [-0.25, -0.2) is 5.43 Å². The molecule has 3 aromatic carbocycles. The lowest BCUT2D eigenvalue weighted by atomic mass is 10.2. The zero-order valence-corrected chi connectivity index (χ0v) is 17.3. The van der Waals surface area contributed by atoms with Crippen LogP contribution in [-0.4, -0.2) is 26.3 Å². The van der Waals surface area contributed by atoms with Gasteiger partial charge in [0.2, 0.25) is 0 Å². The Morgan fingerprint density at radius 2 is 1.70 bits per heavy atom. The molecule has 6 nitrogen and oxygen atoms in total. The molecule has 0 aliphatic rings. The van der Waals surface area contributed by atoms with Crippen LogP contribution in [0.25, 0.3) is 0 Å². The van der Waals surface area contributed by atoms with Crippen LogP contribution in [0.15, 0.2) is 71.8 Å². The van der Waals surface area contributed by atoms with E-state index >= 15 is 0 Å². The van der Waals surface area contributed by atoms with Crippen molar-refractivity contribution in [1.29, 1.82) is 0 Å². The topological polar surface area (TPSA) is 69.2 Å². The monoisotopic (exact) mass is 424 g/mol. The highest BCUT2D eigenvalue weighted by Crippen LogP contribution is 2.29. The third kappa shape index (κ3) is 5.30. The molecule has 3 aromatic rings. The summed E-state index contributed by atoms with van der Waals surface area (Å²) in [6.45, 7) is 0.311. The molecule has 0 radical (unpaired) electrons. The van der Waals surface area contributed by atoms with E-state index in [1.165, 1.54) is 6.21 Å². The third-order valence-corrected chi connectivity index (χ3v) is 4.49. The fraction of sp³-hybridized carbons (Fsp3) is 0.130. The van der Waals surface area contributed by atoms with Crippen molar-refractivity contribution in [2.24, 2.45) is 5.10 Å². The van der Waals surface area contributed by atoms with Gasteiger partial charge in [0.15, 0.2) is 11.5 Å². The maximum absolute atomic E-state index is 12.6. The van der Waals surface area contributed by atoms with Gasteiger partial charge in [-0.15, -0.1) is 0 Å². The standard InChI is InChI=1S/C23H21ClN2O4/c1-28-21-9-5-6-17(22(21)29-2)14-25-26-23(27)19-7-3-4-8-20(19)30-15-16-10-12-18(24)13-11-16/h3-14H,15H2,1-2H3,(H,26,27)/b25-14-. The molecule has 3 rings (SSSR count). The van der Waals surface area contributed by atoms with Gasteiger partial charge in [-0.05, 0) is 42.0 Å². The number of halogens is 1. The highest BCUT2D eigenvalue weighted by Gasteiger charge is 2.12. The van der Waals surface area contributed by atoms with Crippen LogP contribution in [0, 0.1) is 0 Å². The predicted octanol–water partition coefficient (Wildman–Crippen LogP) is 4.70. The minimum Gasteiger partial charge on any atom is -0.493 e. The number of methoxy groups -OCH3 is 2. The lowest BCUT2D eigenvalue weighted by Gasteiger charge is -2.11. The van der Waals surface area contributed by atoms with Crippen LogP contribution in [-0.2, 0) is 6.61 Å². The molecule has 0 fully saturated rings. The molecule has 0 aliphatic carbocycles. The molecule has 154 valence electrons. The number of hydrazone groups is 1. The molecule has 0 bridgehead atoms. The molecular formula is C23H21ClN2O4. The van der Waals surface area contributed by atoms with E-state index in [1.54, 1.807) is 62.8 Å². The molecule has 0 saturated heterocycles. The van der Waals surface area contributed by atoms with Crippen LogP contribution in [0.3, 0.4) is 0 Å². The average Bonchev–Trinajstić information content (AvgIpc) is 2.78. The summed E-state index contributed by atoms with van der Waals surface area (Å²) in [5.74, 6) is 1.18. The van der Waals surface area contributed by atoms with Gasteiger partial charge >= 0.3 is 0 Å². The quantitative estimate of drug-likeness (QED) is 0.420. The molecule has 0 spiro atoms. The molecule has 7 heteroatoms. The summed E-state index contributed by atoms with van der Waals surface area (Å²) in [4.78, 5) is 12.6. The summed E-state index contributed by atoms with van der Waals surface area (Å²) in [5.41, 5.74) is 4.51. The Morgan fingerprint density at radius 1 is 0.967 bits per heavy atom. The van der Waals surface area contributed by atoms with E-state index in [2.05, 4.69) is 10.5 Å². The Kier molecular flexibility index (Phi) is 7.29. The first-order valence-electron chi connectivity index (χ1n) is 9.13. The minimum atomic E-state index is -0.389. The van der Waals surface area contributed by atoms with Gasteiger partial charge in [-0.2, -0.15) is 5.10 Å². The van der Waals surface area contributed by atoms with Crippen molar-refractivity contribution >= 4 is 23.7 Å². The molecule has 30 heavy (non-hydrogen) atoms. The van der Waals surface area contributed by atoms with Crippen molar-refractivity contribution in [3.63, 3.8) is 0 Å². The van der Waals surface area contributed by atoms with Crippen LogP contribution in [0.2, 0.25) is 5.02 Å². The van der Waals surface area contributed by atoms with Crippen LogP contribution < -0.4 is 19.6 Å². The Bertz CT molecular complexity index is 1040. The van der Waals surface area contributed by atoms with Gasteiger partial charge in [0.25, 0.3) is 5.91 Å². The van der Waals surface area contributed by atoms with Crippen molar-refractivity contribution in [3.05, 3.63) is 88.4 Å². The third-order valence-electron chi connectivity index (χ3n) is 4.24. The van der Waals surface area contributed by atoms with E-state index in [9.17, 15) is 4.79 Å². The smallest absolute Gasteiger partial charge is 0.275 e. The second-order valence-corrected chi connectivity index (χ2v) is 6.63. The van der Waals surface area contributed by atoms with E-state index in [1.807, 2.05) is 18.2 Å². The zero-order chi connectivity index (χ0) is 21.3. The summed E-state index contributed by atoms with van der Waals surface area (Å²) in [6.07, 6.45) is 1.50. The number of nitrogens with zero attached hydrogens (tertiary/aromatic N) is 1. The highest BCUT2D eigenvalue weighted by molar-refractivity contribution is 6.30. The summed E-state index contributed by atoms with van der Waals surface area (Å²) >= 11 is 5.90. The summed E-state index contributed by atoms with van der Waals surface area (Å²) in [6, 6.07) is 19.7. The van der Waals surface area contributed by atoms with Gasteiger partial charge in [0.05, 0.1) is 26.0 Å². The molecule has 0 atom stereocenters. The van der Waals surface area contributed by atoms with E-state index < -0.39 is 0 Å². The van der Waals surface area contributed by atoms with Crippen LogP contribution >= 0.6 is 11.6 Å². The number of amides is 1. The van der Waals surface area contributed by atoms with E-state index in [-0.39, 0.29) is 5.91 Å². The van der Waals surface area contributed by atoms with Crippen LogP contribution in [0.1, 0.15) is 21.5 Å². The first kappa shape index (κ1) is 21.2. The first-order chi connectivity index (χ1) is 14.6. The number of rotatable bonds is 8. The molecule has 0 aromatic heterocycles. The fourth-order valence-electron chi connectivity index (χ4n) is 2.76. The van der Waals surface area contributed by atoms with Gasteiger partial charge in [0.1, 0.15) is 12.4 Å². The average molecular weight is 425 g/mol. The fourth-order valence-corrected chi connectivity index (χ4v) is 2.88. The molecule has 0 aliphatic heterocycles.